The smallest absolute Gasteiger partial charge is 0.315 e. The molecule has 8 nitrogen and oxygen atoms in total. The molecule has 156 valence electrons. The predicted molar refractivity (Wildman–Crippen MR) is 107 cm³/mol. The molecule has 2 aromatic carbocycles. The van der Waals surface area contributed by atoms with Crippen LogP contribution in [0.4, 0.5) is 4.79 Å². The van der Waals surface area contributed by atoms with Gasteiger partial charge in [-0.1, -0.05) is 6.07 Å². The lowest BCUT2D eigenvalue weighted by Crippen LogP contribution is -2.36. The Bertz CT molecular complexity index is 845. The van der Waals surface area contributed by atoms with E-state index in [-0.39, 0.29) is 12.1 Å². The first kappa shape index (κ1) is 20.4. The van der Waals surface area contributed by atoms with Crippen molar-refractivity contribution in [2.24, 2.45) is 0 Å². The van der Waals surface area contributed by atoms with E-state index in [2.05, 4.69) is 10.6 Å². The van der Waals surface area contributed by atoms with Gasteiger partial charge < -0.3 is 34.3 Å². The lowest BCUT2D eigenvalue weighted by Gasteiger charge is -2.21. The molecule has 0 bridgehead atoms. The van der Waals surface area contributed by atoms with E-state index in [1.165, 1.54) is 0 Å². The van der Waals surface area contributed by atoms with Crippen LogP contribution in [0.2, 0.25) is 0 Å². The third-order valence-electron chi connectivity index (χ3n) is 4.59. The van der Waals surface area contributed by atoms with Crippen molar-refractivity contribution in [3.63, 3.8) is 0 Å². The second kappa shape index (κ2) is 9.27. The highest BCUT2D eigenvalue weighted by molar-refractivity contribution is 5.74. The van der Waals surface area contributed by atoms with Crippen LogP contribution in [-0.4, -0.2) is 40.6 Å². The Morgan fingerprint density at radius 2 is 1.66 bits per heavy atom. The van der Waals surface area contributed by atoms with Gasteiger partial charge in [-0.3, -0.25) is 0 Å². The second-order valence-electron chi connectivity index (χ2n) is 6.49. The number of urea groups is 1. The number of hydrogen-bond donors (Lipinski definition) is 2. The summed E-state index contributed by atoms with van der Waals surface area (Å²) in [7, 11) is 4.65. The van der Waals surface area contributed by atoms with E-state index in [0.29, 0.717) is 42.8 Å². The van der Waals surface area contributed by atoms with Gasteiger partial charge in [0.15, 0.2) is 23.0 Å². The number of fused-ring (bicyclic) bond motifs is 1. The molecule has 1 aliphatic rings. The van der Waals surface area contributed by atoms with Gasteiger partial charge in [-0.2, -0.15) is 0 Å². The van der Waals surface area contributed by atoms with Crippen molar-refractivity contribution in [1.29, 1.82) is 0 Å². The zero-order valence-corrected chi connectivity index (χ0v) is 17.0. The van der Waals surface area contributed by atoms with Crippen LogP contribution in [0.25, 0.3) is 0 Å². The molecule has 0 radical (unpaired) electrons. The summed E-state index contributed by atoms with van der Waals surface area (Å²) in [4.78, 5) is 12.4. The van der Waals surface area contributed by atoms with Crippen molar-refractivity contribution >= 4 is 6.03 Å². The Kier molecular flexibility index (Phi) is 6.54. The van der Waals surface area contributed by atoms with Crippen molar-refractivity contribution in [3.05, 3.63) is 41.5 Å². The number of methoxy groups -OCH3 is 3. The second-order valence-corrected chi connectivity index (χ2v) is 6.49. The van der Waals surface area contributed by atoms with Crippen molar-refractivity contribution in [3.8, 4) is 28.7 Å². The monoisotopic (exact) mass is 402 g/mol. The minimum absolute atomic E-state index is 0.203. The number of carbonyl (C=O) groups is 1. The normalized spacial score (nSPS) is 13.2. The SMILES string of the molecule is COc1cc(CNC(=O)N[C@H](C)c2ccc3c(c2)OCCO3)cc(OC)c1OC. The zero-order valence-electron chi connectivity index (χ0n) is 17.0. The fraction of sp³-hybridized carbons (Fsp3) is 0.381. The first-order valence-corrected chi connectivity index (χ1v) is 9.28. The quantitative estimate of drug-likeness (QED) is 0.740. The zero-order chi connectivity index (χ0) is 20.8. The van der Waals surface area contributed by atoms with E-state index in [0.717, 1.165) is 16.9 Å². The maximum Gasteiger partial charge on any atom is 0.315 e. The molecule has 0 aliphatic carbocycles. The Hall–Kier alpha value is -3.29. The topological polar surface area (TPSA) is 87.3 Å². The maximum absolute atomic E-state index is 12.4. The fourth-order valence-corrected chi connectivity index (χ4v) is 3.08. The lowest BCUT2D eigenvalue weighted by atomic mass is 10.1. The molecular weight excluding hydrogens is 376 g/mol. The molecule has 1 heterocycles. The molecule has 1 aliphatic heterocycles. The van der Waals surface area contributed by atoms with Gasteiger partial charge in [0.2, 0.25) is 5.75 Å². The Morgan fingerprint density at radius 1 is 1.00 bits per heavy atom. The van der Waals surface area contributed by atoms with Gasteiger partial charge >= 0.3 is 6.03 Å². The van der Waals surface area contributed by atoms with E-state index < -0.39 is 0 Å². The predicted octanol–water partition coefficient (Wildman–Crippen LogP) is 3.04. The summed E-state index contributed by atoms with van der Waals surface area (Å²) < 4.78 is 27.1. The highest BCUT2D eigenvalue weighted by Crippen LogP contribution is 2.38. The third kappa shape index (κ3) is 4.77. The van der Waals surface area contributed by atoms with Crippen LogP contribution in [0.1, 0.15) is 24.1 Å². The average Bonchev–Trinajstić information content (AvgIpc) is 2.76. The van der Waals surface area contributed by atoms with Crippen LogP contribution in [0, 0.1) is 0 Å². The van der Waals surface area contributed by atoms with E-state index >= 15 is 0 Å². The molecular formula is C21H26N2O6. The number of nitrogens with one attached hydrogen (secondary N) is 2. The van der Waals surface area contributed by atoms with Gasteiger partial charge in [0.1, 0.15) is 13.2 Å². The van der Waals surface area contributed by atoms with Crippen LogP contribution in [0.3, 0.4) is 0 Å². The highest BCUT2D eigenvalue weighted by Gasteiger charge is 2.17. The summed E-state index contributed by atoms with van der Waals surface area (Å²) >= 11 is 0. The van der Waals surface area contributed by atoms with Gasteiger partial charge in [0.25, 0.3) is 0 Å². The Morgan fingerprint density at radius 3 is 2.28 bits per heavy atom. The molecule has 2 N–H and O–H groups in total. The van der Waals surface area contributed by atoms with E-state index in [1.807, 2.05) is 25.1 Å². The van der Waals surface area contributed by atoms with Crippen LogP contribution in [-0.2, 0) is 6.54 Å². The minimum Gasteiger partial charge on any atom is -0.493 e. The summed E-state index contributed by atoms with van der Waals surface area (Å²) in [6.07, 6.45) is 0. The van der Waals surface area contributed by atoms with Crippen LogP contribution >= 0.6 is 0 Å². The average molecular weight is 402 g/mol. The number of ether oxygens (including phenoxy) is 5. The summed E-state index contributed by atoms with van der Waals surface area (Å²) in [6, 6.07) is 8.76. The van der Waals surface area contributed by atoms with E-state index in [4.69, 9.17) is 23.7 Å². The number of benzene rings is 2. The van der Waals surface area contributed by atoms with E-state index in [1.54, 1.807) is 33.5 Å². The molecule has 1 atom stereocenters. The molecule has 2 amide bonds. The van der Waals surface area contributed by atoms with Gasteiger partial charge in [0.05, 0.1) is 27.4 Å². The molecule has 3 rings (SSSR count). The number of rotatable bonds is 7. The van der Waals surface area contributed by atoms with Crippen molar-refractivity contribution < 1.29 is 28.5 Å². The summed E-state index contributed by atoms with van der Waals surface area (Å²) in [6.45, 7) is 3.28. The first-order valence-electron chi connectivity index (χ1n) is 9.28. The third-order valence-corrected chi connectivity index (χ3v) is 4.59. The van der Waals surface area contributed by atoms with Crippen LogP contribution in [0.5, 0.6) is 28.7 Å². The fourth-order valence-electron chi connectivity index (χ4n) is 3.08. The molecule has 2 aromatic rings. The van der Waals surface area contributed by atoms with Crippen molar-refractivity contribution in [1.82, 2.24) is 10.6 Å². The van der Waals surface area contributed by atoms with Crippen molar-refractivity contribution in [2.75, 3.05) is 34.5 Å². The minimum atomic E-state index is -0.291. The maximum atomic E-state index is 12.4. The van der Waals surface area contributed by atoms with Gasteiger partial charge in [-0.15, -0.1) is 0 Å². The molecule has 0 aromatic heterocycles. The highest BCUT2D eigenvalue weighted by atomic mass is 16.6. The molecule has 0 saturated carbocycles. The molecule has 29 heavy (non-hydrogen) atoms. The van der Waals surface area contributed by atoms with Crippen molar-refractivity contribution in [2.45, 2.75) is 19.5 Å². The molecule has 0 fully saturated rings. The largest absolute Gasteiger partial charge is 0.493 e. The molecule has 0 spiro atoms. The summed E-state index contributed by atoms with van der Waals surface area (Å²) in [5.74, 6) is 3.00. The number of carbonyl (C=O) groups excluding carboxylic acids is 1. The Balaban J connectivity index is 1.61. The molecule has 0 unspecified atom stereocenters. The van der Waals surface area contributed by atoms with Gasteiger partial charge in [0, 0.05) is 6.54 Å². The van der Waals surface area contributed by atoms with Crippen LogP contribution in [0.15, 0.2) is 30.3 Å². The standard InChI is InChI=1S/C21H26N2O6/c1-13(15-5-6-16-17(11-15)29-8-7-28-16)23-21(24)22-12-14-9-18(25-2)20(27-4)19(10-14)26-3/h5-6,9-11,13H,7-8,12H2,1-4H3,(H2,22,23,24)/t13-/m1/s1. The van der Waals surface area contributed by atoms with Crippen LogP contribution < -0.4 is 34.3 Å². The number of amides is 2. The lowest BCUT2D eigenvalue weighted by molar-refractivity contribution is 0.171. The van der Waals surface area contributed by atoms with E-state index in [9.17, 15) is 4.79 Å². The Labute approximate surface area is 170 Å². The summed E-state index contributed by atoms with van der Waals surface area (Å²) in [5.41, 5.74) is 1.75. The van der Waals surface area contributed by atoms with Gasteiger partial charge in [-0.25, -0.2) is 4.79 Å². The summed E-state index contributed by atoms with van der Waals surface area (Å²) in [5, 5.41) is 5.76. The molecule has 8 heteroatoms. The molecule has 0 saturated heterocycles. The number of hydrogen-bond acceptors (Lipinski definition) is 6. The van der Waals surface area contributed by atoms with Gasteiger partial charge in [-0.05, 0) is 42.3 Å². The first-order chi connectivity index (χ1) is 14.0.